The summed E-state index contributed by atoms with van der Waals surface area (Å²) in [5.41, 5.74) is 8.28. The Kier molecular flexibility index (Phi) is 8.85. The summed E-state index contributed by atoms with van der Waals surface area (Å²) in [4.78, 5) is 0. The van der Waals surface area contributed by atoms with Gasteiger partial charge in [0, 0.05) is 37.7 Å². The molecule has 0 saturated carbocycles. The summed E-state index contributed by atoms with van der Waals surface area (Å²) in [6, 6.07) is 43.9. The fourth-order valence-corrected chi connectivity index (χ4v) is 10.4. The molecule has 0 N–H and O–H groups in total. The summed E-state index contributed by atoms with van der Waals surface area (Å²) in [6.07, 6.45) is 0. The van der Waals surface area contributed by atoms with Gasteiger partial charge in [-0.25, -0.2) is 0 Å². The van der Waals surface area contributed by atoms with E-state index in [2.05, 4.69) is 121 Å². The van der Waals surface area contributed by atoms with E-state index in [0.29, 0.717) is 0 Å². The van der Waals surface area contributed by atoms with Crippen molar-refractivity contribution in [1.29, 1.82) is 0 Å². The van der Waals surface area contributed by atoms with Crippen LogP contribution < -0.4 is 0 Å². The van der Waals surface area contributed by atoms with Gasteiger partial charge in [-0.3, -0.25) is 0 Å². The van der Waals surface area contributed by atoms with Crippen LogP contribution in [-0.4, -0.2) is 62.0 Å². The van der Waals surface area contributed by atoms with Crippen LogP contribution in [0.25, 0.3) is 17.4 Å². The van der Waals surface area contributed by atoms with Crippen molar-refractivity contribution in [1.82, 2.24) is 0 Å². The Morgan fingerprint density at radius 1 is 0.323 bits per heavy atom. The van der Waals surface area contributed by atoms with E-state index in [1.807, 2.05) is 0 Å². The van der Waals surface area contributed by atoms with Crippen LogP contribution >= 0.6 is 0 Å². The molecule has 1 aliphatic rings. The van der Waals surface area contributed by atoms with Gasteiger partial charge in [-0.1, -0.05) is 0 Å². The zero-order chi connectivity index (χ0) is 19.5. The summed E-state index contributed by atoms with van der Waals surface area (Å²) in [5, 5.41) is 0. The summed E-state index contributed by atoms with van der Waals surface area (Å²) >= 11 is -1.28. The van der Waals surface area contributed by atoms with Crippen molar-refractivity contribution < 1.29 is 0 Å². The number of allylic oxidation sites excluding steroid dienone is 2. The molecule has 138 valence electrons. The van der Waals surface area contributed by atoms with E-state index in [1.54, 1.807) is 6.26 Å². The molecule has 0 unspecified atom stereocenters. The standard InChI is InChI=1S/C28H20.2Li.Pb/c1-5-13-23(14-6-1)21-27(25-17-9-3-10-18-25)28(26-19-11-4-12-20-26)22-24-15-7-2-8-16-24;;;/h1-20H;;;. The third-order valence-corrected chi connectivity index (χ3v) is 11.4. The van der Waals surface area contributed by atoms with Crippen molar-refractivity contribution in [2.24, 2.45) is 0 Å². The van der Waals surface area contributed by atoms with Crippen molar-refractivity contribution >= 4 is 79.4 Å². The molecule has 31 heavy (non-hydrogen) atoms. The molecule has 0 aliphatic carbocycles. The van der Waals surface area contributed by atoms with E-state index in [-0.39, 0.29) is 37.7 Å². The normalized spacial score (nSPS) is 12.9. The first-order chi connectivity index (χ1) is 14.4. The first-order valence-corrected chi connectivity index (χ1v) is 13.8. The van der Waals surface area contributed by atoms with Crippen LogP contribution in [0.15, 0.2) is 121 Å². The number of benzene rings is 4. The summed E-state index contributed by atoms with van der Waals surface area (Å²) in [7, 11) is 0. The van der Waals surface area contributed by atoms with Crippen LogP contribution in [-0.2, 0) is 0 Å². The molecule has 4 radical (unpaired) electrons. The first-order valence-electron chi connectivity index (χ1n) is 9.89. The second kappa shape index (κ2) is 11.4. The van der Waals surface area contributed by atoms with E-state index in [9.17, 15) is 0 Å². The Labute approximate surface area is 221 Å². The van der Waals surface area contributed by atoms with E-state index < -0.39 is 24.2 Å². The van der Waals surface area contributed by atoms with Crippen molar-refractivity contribution in [3.63, 3.8) is 0 Å². The fraction of sp³-hybridized carbons (Fsp3) is 0. The van der Waals surface area contributed by atoms with Gasteiger partial charge in [0.1, 0.15) is 0 Å². The number of hydrogen-bond donors (Lipinski definition) is 0. The Morgan fingerprint density at radius 2 is 0.581 bits per heavy atom. The van der Waals surface area contributed by atoms with Gasteiger partial charge in [0.25, 0.3) is 0 Å². The van der Waals surface area contributed by atoms with Crippen molar-refractivity contribution in [2.75, 3.05) is 0 Å². The van der Waals surface area contributed by atoms with Crippen LogP contribution in [0.5, 0.6) is 0 Å². The van der Waals surface area contributed by atoms with E-state index in [4.69, 9.17) is 0 Å². The van der Waals surface area contributed by atoms with Gasteiger partial charge in [0.2, 0.25) is 0 Å². The molecule has 1 aliphatic heterocycles. The van der Waals surface area contributed by atoms with Gasteiger partial charge in [-0.15, -0.1) is 0 Å². The second-order valence-corrected chi connectivity index (χ2v) is 11.9. The molecule has 1 heterocycles. The van der Waals surface area contributed by atoms with Gasteiger partial charge >= 0.3 is 185 Å². The zero-order valence-electron chi connectivity index (χ0n) is 18.0. The van der Waals surface area contributed by atoms with Crippen LogP contribution in [0.1, 0.15) is 22.3 Å². The fourth-order valence-electron chi connectivity index (χ4n) is 3.93. The molecule has 0 aromatic heterocycles. The molecular formula is C28H20Li2Pb. The molecule has 0 saturated heterocycles. The molecule has 0 atom stereocenters. The molecule has 0 fully saturated rings. The van der Waals surface area contributed by atoms with Gasteiger partial charge in [-0.05, 0) is 0 Å². The monoisotopic (exact) mass is 578 g/mol. The van der Waals surface area contributed by atoms with Gasteiger partial charge < -0.3 is 0 Å². The SMILES string of the molecule is [Li].[Li].c1ccc([C]2=C(c3ccccc3)C(c3ccccc3)=[C](c3ccccc3)[Pb]2)cc1. The summed E-state index contributed by atoms with van der Waals surface area (Å²) in [6.45, 7) is 0. The topological polar surface area (TPSA) is 0 Å². The van der Waals surface area contributed by atoms with E-state index >= 15 is 0 Å². The number of rotatable bonds is 4. The molecule has 5 rings (SSSR count). The van der Waals surface area contributed by atoms with Crippen molar-refractivity contribution in [3.05, 3.63) is 144 Å². The molecule has 0 bridgehead atoms. The summed E-state index contributed by atoms with van der Waals surface area (Å²) < 4.78 is 3.18. The third kappa shape index (κ3) is 5.11. The third-order valence-electron chi connectivity index (χ3n) is 5.25. The Morgan fingerprint density at radius 3 is 0.871 bits per heavy atom. The van der Waals surface area contributed by atoms with Crippen molar-refractivity contribution in [3.8, 4) is 0 Å². The predicted octanol–water partition coefficient (Wildman–Crippen LogP) is 6.08. The van der Waals surface area contributed by atoms with E-state index in [0.717, 1.165) is 0 Å². The predicted molar refractivity (Wildman–Crippen MR) is 137 cm³/mol. The van der Waals surface area contributed by atoms with E-state index in [1.165, 1.54) is 33.4 Å². The Balaban J connectivity index is 0.00000136. The second-order valence-electron chi connectivity index (χ2n) is 7.09. The van der Waals surface area contributed by atoms with Gasteiger partial charge in [0.05, 0.1) is 0 Å². The van der Waals surface area contributed by atoms with Crippen LogP contribution in [0.3, 0.4) is 0 Å². The van der Waals surface area contributed by atoms with Gasteiger partial charge in [0.15, 0.2) is 0 Å². The zero-order valence-corrected chi connectivity index (χ0v) is 21.9. The molecule has 4 aromatic carbocycles. The maximum atomic E-state index is 2.28. The minimum atomic E-state index is -1.28. The van der Waals surface area contributed by atoms with Gasteiger partial charge in [-0.2, -0.15) is 0 Å². The number of hydrogen-bond acceptors (Lipinski definition) is 0. The Bertz CT molecular complexity index is 1090. The van der Waals surface area contributed by atoms with Crippen LogP contribution in [0.2, 0.25) is 0 Å². The average molecular weight is 578 g/mol. The Hall–Kier alpha value is -1.52. The maximum absolute atomic E-state index is 2.28. The molecule has 0 spiro atoms. The van der Waals surface area contributed by atoms with Crippen molar-refractivity contribution in [2.45, 2.75) is 0 Å². The quantitative estimate of drug-likeness (QED) is 0.258. The summed E-state index contributed by atoms with van der Waals surface area (Å²) in [5.74, 6) is 0. The first kappa shape index (κ1) is 24.1. The van der Waals surface area contributed by atoms with Crippen LogP contribution in [0.4, 0.5) is 0 Å². The minimum absolute atomic E-state index is 0. The van der Waals surface area contributed by atoms with Crippen LogP contribution in [0, 0.1) is 0 Å². The molecular weight excluding hydrogens is 557 g/mol. The average Bonchev–Trinajstić information content (AvgIpc) is 3.22. The molecule has 4 aromatic rings. The molecule has 0 amide bonds. The molecule has 0 nitrogen and oxygen atoms in total. The molecule has 3 heteroatoms.